The topological polar surface area (TPSA) is 64.2 Å². The summed E-state index contributed by atoms with van der Waals surface area (Å²) in [6.07, 6.45) is 5.18. The van der Waals surface area contributed by atoms with E-state index in [1.165, 1.54) is 5.69 Å². The Kier molecular flexibility index (Phi) is 4.34. The maximum absolute atomic E-state index is 13.2. The number of carbonyl (C=O) groups is 1. The third-order valence-corrected chi connectivity index (χ3v) is 5.62. The van der Waals surface area contributed by atoms with Gasteiger partial charge < -0.3 is 10.6 Å². The van der Waals surface area contributed by atoms with E-state index in [9.17, 15) is 4.79 Å². The van der Waals surface area contributed by atoms with Gasteiger partial charge in [-0.05, 0) is 57.1 Å². The molecule has 0 radical (unpaired) electrons. The molecule has 1 aromatic carbocycles. The number of nitrogens with zero attached hydrogens (tertiary/aromatic N) is 3. The molecule has 1 aromatic heterocycles. The third kappa shape index (κ3) is 2.97. The SMILES string of the molecule is CC(N)C1CCCN(C(=O)c2nn(-c3ccccc3)c3c2CCC3)C1. The summed E-state index contributed by atoms with van der Waals surface area (Å²) in [6.45, 7) is 3.61. The first-order valence-corrected chi connectivity index (χ1v) is 9.36. The molecular formula is C20H26N4O. The highest BCUT2D eigenvalue weighted by atomic mass is 16.2. The van der Waals surface area contributed by atoms with Gasteiger partial charge in [0.2, 0.25) is 0 Å². The summed E-state index contributed by atoms with van der Waals surface area (Å²) in [5.41, 5.74) is 10.1. The molecule has 1 amide bonds. The molecule has 2 aromatic rings. The highest BCUT2D eigenvalue weighted by Gasteiger charge is 2.32. The van der Waals surface area contributed by atoms with Gasteiger partial charge in [0.1, 0.15) is 0 Å². The number of likely N-dealkylation sites (tertiary alicyclic amines) is 1. The van der Waals surface area contributed by atoms with Gasteiger partial charge in [-0.15, -0.1) is 0 Å². The minimum absolute atomic E-state index is 0.0816. The average Bonchev–Trinajstić information content (AvgIpc) is 3.24. The Hall–Kier alpha value is -2.14. The summed E-state index contributed by atoms with van der Waals surface area (Å²) in [5.74, 6) is 0.472. The number of benzene rings is 1. The van der Waals surface area contributed by atoms with Crippen molar-refractivity contribution in [3.8, 4) is 5.69 Å². The van der Waals surface area contributed by atoms with Gasteiger partial charge in [0, 0.05) is 30.4 Å². The fraction of sp³-hybridized carbons (Fsp3) is 0.500. The number of aromatic nitrogens is 2. The largest absolute Gasteiger partial charge is 0.337 e. The predicted molar refractivity (Wildman–Crippen MR) is 97.9 cm³/mol. The normalized spacial score (nSPS) is 21.2. The second-order valence-electron chi connectivity index (χ2n) is 7.39. The van der Waals surface area contributed by atoms with E-state index < -0.39 is 0 Å². The van der Waals surface area contributed by atoms with Gasteiger partial charge in [0.15, 0.2) is 5.69 Å². The molecule has 1 aliphatic heterocycles. The van der Waals surface area contributed by atoms with Crippen LogP contribution in [-0.2, 0) is 12.8 Å². The molecule has 5 nitrogen and oxygen atoms in total. The molecule has 2 N–H and O–H groups in total. The molecule has 25 heavy (non-hydrogen) atoms. The summed E-state index contributed by atoms with van der Waals surface area (Å²) in [4.78, 5) is 15.1. The van der Waals surface area contributed by atoms with Crippen LogP contribution >= 0.6 is 0 Å². The smallest absolute Gasteiger partial charge is 0.274 e. The Morgan fingerprint density at radius 1 is 1.24 bits per heavy atom. The number of amides is 1. The standard InChI is InChI=1S/C20H26N4O/c1-14(21)15-7-6-12-23(13-15)20(25)19-17-10-5-11-18(17)24(22-19)16-8-3-2-4-9-16/h2-4,8-9,14-15H,5-7,10-13,21H2,1H3. The van der Waals surface area contributed by atoms with Crippen molar-refractivity contribution < 1.29 is 4.79 Å². The van der Waals surface area contributed by atoms with Crippen molar-refractivity contribution in [2.75, 3.05) is 13.1 Å². The van der Waals surface area contributed by atoms with Crippen molar-refractivity contribution in [3.05, 3.63) is 47.3 Å². The first-order valence-electron chi connectivity index (χ1n) is 9.36. The molecule has 0 spiro atoms. The number of hydrogen-bond acceptors (Lipinski definition) is 3. The van der Waals surface area contributed by atoms with Crippen LogP contribution in [0.3, 0.4) is 0 Å². The molecule has 1 fully saturated rings. The minimum Gasteiger partial charge on any atom is -0.337 e. The lowest BCUT2D eigenvalue weighted by Gasteiger charge is -2.34. The van der Waals surface area contributed by atoms with Crippen molar-refractivity contribution >= 4 is 5.91 Å². The number of hydrogen-bond donors (Lipinski definition) is 1. The van der Waals surface area contributed by atoms with E-state index in [2.05, 4.69) is 0 Å². The number of piperidine rings is 1. The van der Waals surface area contributed by atoms with Crippen molar-refractivity contribution in [2.45, 2.75) is 45.1 Å². The Labute approximate surface area is 148 Å². The number of rotatable bonds is 3. The lowest BCUT2D eigenvalue weighted by molar-refractivity contribution is 0.0653. The lowest BCUT2D eigenvalue weighted by Crippen LogP contribution is -2.45. The number of carbonyl (C=O) groups excluding carboxylic acids is 1. The van der Waals surface area contributed by atoms with E-state index in [0.29, 0.717) is 11.6 Å². The minimum atomic E-state index is 0.0816. The predicted octanol–water partition coefficient (Wildman–Crippen LogP) is 2.56. The van der Waals surface area contributed by atoms with Gasteiger partial charge in [-0.2, -0.15) is 5.10 Å². The monoisotopic (exact) mass is 338 g/mol. The zero-order valence-corrected chi connectivity index (χ0v) is 14.8. The van der Waals surface area contributed by atoms with Gasteiger partial charge in [-0.25, -0.2) is 4.68 Å². The number of fused-ring (bicyclic) bond motifs is 1. The summed E-state index contributed by atoms with van der Waals surface area (Å²) < 4.78 is 1.97. The van der Waals surface area contributed by atoms with Crippen molar-refractivity contribution in [1.82, 2.24) is 14.7 Å². The molecule has 4 rings (SSSR count). The fourth-order valence-electron chi connectivity index (χ4n) is 4.17. The molecule has 2 aliphatic rings. The lowest BCUT2D eigenvalue weighted by atomic mass is 9.92. The van der Waals surface area contributed by atoms with E-state index in [1.807, 2.05) is 46.8 Å². The maximum atomic E-state index is 13.2. The summed E-state index contributed by atoms with van der Waals surface area (Å²) in [6, 6.07) is 10.2. The molecule has 2 heterocycles. The van der Waals surface area contributed by atoms with Crippen LogP contribution in [0.25, 0.3) is 5.69 Å². The van der Waals surface area contributed by atoms with Gasteiger partial charge in [0.05, 0.1) is 5.69 Å². The molecule has 5 heteroatoms. The molecule has 1 saturated heterocycles. The summed E-state index contributed by atoms with van der Waals surface area (Å²) in [7, 11) is 0. The van der Waals surface area contributed by atoms with Gasteiger partial charge in [0.25, 0.3) is 5.91 Å². The van der Waals surface area contributed by atoms with E-state index in [1.54, 1.807) is 0 Å². The van der Waals surface area contributed by atoms with Crippen molar-refractivity contribution in [1.29, 1.82) is 0 Å². The van der Waals surface area contributed by atoms with Crippen LogP contribution < -0.4 is 5.73 Å². The first kappa shape index (κ1) is 16.3. The summed E-state index contributed by atoms with van der Waals surface area (Å²) in [5, 5.41) is 4.74. The Morgan fingerprint density at radius 3 is 2.80 bits per heavy atom. The molecule has 2 unspecified atom stereocenters. The zero-order chi connectivity index (χ0) is 17.4. The Bertz CT molecular complexity index is 766. The second-order valence-corrected chi connectivity index (χ2v) is 7.39. The number of para-hydroxylation sites is 1. The first-order chi connectivity index (χ1) is 12.1. The fourth-order valence-corrected chi connectivity index (χ4v) is 4.17. The quantitative estimate of drug-likeness (QED) is 0.935. The average molecular weight is 338 g/mol. The Morgan fingerprint density at radius 2 is 2.04 bits per heavy atom. The molecule has 0 saturated carbocycles. The molecular weight excluding hydrogens is 312 g/mol. The molecule has 0 bridgehead atoms. The molecule has 132 valence electrons. The second kappa shape index (κ2) is 6.64. The highest BCUT2D eigenvalue weighted by Crippen LogP contribution is 2.29. The molecule has 1 aliphatic carbocycles. The van der Waals surface area contributed by atoms with Crippen LogP contribution in [0, 0.1) is 5.92 Å². The van der Waals surface area contributed by atoms with Crippen LogP contribution in [0.1, 0.15) is 47.9 Å². The molecule has 2 atom stereocenters. The van der Waals surface area contributed by atoms with Crippen LogP contribution in [-0.4, -0.2) is 39.7 Å². The van der Waals surface area contributed by atoms with E-state index in [0.717, 1.165) is 56.4 Å². The van der Waals surface area contributed by atoms with Gasteiger partial charge in [-0.3, -0.25) is 4.79 Å². The van der Waals surface area contributed by atoms with E-state index in [-0.39, 0.29) is 11.9 Å². The summed E-state index contributed by atoms with van der Waals surface area (Å²) >= 11 is 0. The highest BCUT2D eigenvalue weighted by molar-refractivity contribution is 5.94. The third-order valence-electron chi connectivity index (χ3n) is 5.62. The van der Waals surface area contributed by atoms with Gasteiger partial charge >= 0.3 is 0 Å². The van der Waals surface area contributed by atoms with Crippen LogP contribution in [0.15, 0.2) is 30.3 Å². The van der Waals surface area contributed by atoms with Gasteiger partial charge in [-0.1, -0.05) is 18.2 Å². The van der Waals surface area contributed by atoms with Crippen molar-refractivity contribution in [2.24, 2.45) is 11.7 Å². The van der Waals surface area contributed by atoms with E-state index >= 15 is 0 Å². The van der Waals surface area contributed by atoms with Crippen molar-refractivity contribution in [3.63, 3.8) is 0 Å². The van der Waals surface area contributed by atoms with Crippen LogP contribution in [0.5, 0.6) is 0 Å². The Balaban J connectivity index is 1.66. The van der Waals surface area contributed by atoms with Crippen LogP contribution in [0.2, 0.25) is 0 Å². The number of nitrogens with two attached hydrogens (primary N) is 1. The maximum Gasteiger partial charge on any atom is 0.274 e. The zero-order valence-electron chi connectivity index (χ0n) is 14.8. The van der Waals surface area contributed by atoms with Crippen LogP contribution in [0.4, 0.5) is 0 Å². The van der Waals surface area contributed by atoms with E-state index in [4.69, 9.17) is 10.8 Å².